The molecule has 92 valence electrons. The van der Waals surface area contributed by atoms with E-state index in [0.717, 1.165) is 5.56 Å². The molecule has 0 aliphatic rings. The summed E-state index contributed by atoms with van der Waals surface area (Å²) in [5.41, 5.74) is 1.04. The molecule has 0 saturated carbocycles. The molecule has 18 heavy (non-hydrogen) atoms. The molecule has 0 atom stereocenters. The second-order valence-electron chi connectivity index (χ2n) is 3.53. The first-order valence-corrected chi connectivity index (χ1v) is 5.65. The molecule has 0 spiro atoms. The maximum absolute atomic E-state index is 11.4. The van der Waals surface area contributed by atoms with E-state index in [9.17, 15) is 4.79 Å². The van der Waals surface area contributed by atoms with Crippen LogP contribution in [0.1, 0.15) is 28.9 Å². The summed E-state index contributed by atoms with van der Waals surface area (Å²) in [5.74, 6) is -0.00386. The Bertz CT molecular complexity index is 543. The van der Waals surface area contributed by atoms with Crippen molar-refractivity contribution in [2.24, 2.45) is 0 Å². The standard InChI is InChI=1S/C14H13NO3/c1-2-17-14(16)12-10-15-13(18-12)9-8-11-6-4-3-5-7-11/h3-10H,2H2,1H3/b9-8+. The Balaban J connectivity index is 2.07. The molecule has 0 fully saturated rings. The second kappa shape index (κ2) is 5.82. The maximum atomic E-state index is 11.4. The Hall–Kier alpha value is -2.36. The highest BCUT2D eigenvalue weighted by Crippen LogP contribution is 2.10. The first-order chi connectivity index (χ1) is 8.79. The van der Waals surface area contributed by atoms with Crippen molar-refractivity contribution in [1.82, 2.24) is 4.98 Å². The Labute approximate surface area is 105 Å². The van der Waals surface area contributed by atoms with E-state index >= 15 is 0 Å². The van der Waals surface area contributed by atoms with Gasteiger partial charge in [0.05, 0.1) is 12.8 Å². The van der Waals surface area contributed by atoms with Crippen LogP contribution in [-0.2, 0) is 4.74 Å². The van der Waals surface area contributed by atoms with Gasteiger partial charge in [-0.2, -0.15) is 0 Å². The van der Waals surface area contributed by atoms with Crippen LogP contribution >= 0.6 is 0 Å². The SMILES string of the molecule is CCOC(=O)c1cnc(/C=C/c2ccccc2)o1. The topological polar surface area (TPSA) is 52.3 Å². The minimum Gasteiger partial charge on any atom is -0.460 e. The lowest BCUT2D eigenvalue weighted by atomic mass is 10.2. The summed E-state index contributed by atoms with van der Waals surface area (Å²) < 4.78 is 10.1. The number of hydrogen-bond acceptors (Lipinski definition) is 4. The molecule has 4 heteroatoms. The van der Waals surface area contributed by atoms with Gasteiger partial charge in [-0.05, 0) is 18.6 Å². The summed E-state index contributed by atoms with van der Waals surface area (Å²) in [6.07, 6.45) is 4.93. The number of ether oxygens (including phenoxy) is 1. The first kappa shape index (κ1) is 12.1. The monoisotopic (exact) mass is 243 g/mol. The van der Waals surface area contributed by atoms with E-state index in [1.54, 1.807) is 13.0 Å². The lowest BCUT2D eigenvalue weighted by molar-refractivity contribution is 0.0489. The molecule has 0 amide bonds. The van der Waals surface area contributed by atoms with E-state index in [1.807, 2.05) is 36.4 Å². The predicted molar refractivity (Wildman–Crippen MR) is 67.8 cm³/mol. The van der Waals surface area contributed by atoms with Crippen LogP contribution in [0.5, 0.6) is 0 Å². The van der Waals surface area contributed by atoms with Crippen molar-refractivity contribution < 1.29 is 13.9 Å². The Morgan fingerprint density at radius 3 is 2.83 bits per heavy atom. The molecule has 1 aromatic heterocycles. The van der Waals surface area contributed by atoms with Crippen LogP contribution in [0.15, 0.2) is 40.9 Å². The fraction of sp³-hybridized carbons (Fsp3) is 0.143. The van der Waals surface area contributed by atoms with E-state index < -0.39 is 5.97 Å². The third-order valence-corrected chi connectivity index (χ3v) is 2.22. The molecule has 2 aromatic rings. The van der Waals surface area contributed by atoms with Crippen molar-refractivity contribution in [1.29, 1.82) is 0 Å². The normalized spacial score (nSPS) is 10.7. The van der Waals surface area contributed by atoms with Crippen molar-refractivity contribution >= 4 is 18.1 Å². The van der Waals surface area contributed by atoms with Gasteiger partial charge in [-0.25, -0.2) is 9.78 Å². The van der Waals surface area contributed by atoms with E-state index in [0.29, 0.717) is 12.5 Å². The van der Waals surface area contributed by atoms with Crippen LogP contribution in [0.3, 0.4) is 0 Å². The summed E-state index contributed by atoms with van der Waals surface area (Å²) in [5, 5.41) is 0. The van der Waals surface area contributed by atoms with E-state index in [-0.39, 0.29) is 5.76 Å². The van der Waals surface area contributed by atoms with Crippen molar-refractivity contribution in [2.75, 3.05) is 6.61 Å². The molecule has 0 aliphatic carbocycles. The lowest BCUT2D eigenvalue weighted by Crippen LogP contribution is -2.02. The number of esters is 1. The zero-order chi connectivity index (χ0) is 12.8. The Morgan fingerprint density at radius 1 is 1.33 bits per heavy atom. The highest BCUT2D eigenvalue weighted by molar-refractivity contribution is 5.86. The van der Waals surface area contributed by atoms with Crippen molar-refractivity contribution in [2.45, 2.75) is 6.92 Å². The summed E-state index contributed by atoms with van der Waals surface area (Å²) >= 11 is 0. The first-order valence-electron chi connectivity index (χ1n) is 5.65. The molecule has 0 N–H and O–H groups in total. The van der Waals surface area contributed by atoms with Gasteiger partial charge in [-0.3, -0.25) is 0 Å². The van der Waals surface area contributed by atoms with Crippen LogP contribution < -0.4 is 0 Å². The lowest BCUT2D eigenvalue weighted by Gasteiger charge is -1.95. The quantitative estimate of drug-likeness (QED) is 0.774. The molecule has 0 radical (unpaired) electrons. The maximum Gasteiger partial charge on any atom is 0.375 e. The number of rotatable bonds is 4. The molecule has 2 rings (SSSR count). The third kappa shape index (κ3) is 3.07. The number of benzene rings is 1. The Kier molecular flexibility index (Phi) is 3.91. The minimum absolute atomic E-state index is 0.115. The van der Waals surface area contributed by atoms with Crippen LogP contribution in [0.25, 0.3) is 12.2 Å². The average Bonchev–Trinajstić information content (AvgIpc) is 2.87. The van der Waals surface area contributed by atoms with Gasteiger partial charge in [0.25, 0.3) is 0 Å². The van der Waals surface area contributed by atoms with Gasteiger partial charge in [-0.15, -0.1) is 0 Å². The summed E-state index contributed by atoms with van der Waals surface area (Å²) in [7, 11) is 0. The molecule has 0 unspecified atom stereocenters. The highest BCUT2D eigenvalue weighted by Gasteiger charge is 2.11. The molecule has 4 nitrogen and oxygen atoms in total. The summed E-state index contributed by atoms with van der Waals surface area (Å²) in [6.45, 7) is 2.05. The zero-order valence-corrected chi connectivity index (χ0v) is 10.00. The average molecular weight is 243 g/mol. The molecule has 0 aliphatic heterocycles. The minimum atomic E-state index is -0.496. The summed E-state index contributed by atoms with van der Waals surface area (Å²) in [4.78, 5) is 15.3. The number of oxazole rings is 1. The number of aromatic nitrogens is 1. The van der Waals surface area contributed by atoms with Gasteiger partial charge >= 0.3 is 5.97 Å². The van der Waals surface area contributed by atoms with E-state index in [4.69, 9.17) is 9.15 Å². The molecular weight excluding hydrogens is 230 g/mol. The molecule has 1 aromatic carbocycles. The molecule has 0 bridgehead atoms. The molecule has 1 heterocycles. The molecular formula is C14H13NO3. The van der Waals surface area contributed by atoms with Crippen LogP contribution in [0.2, 0.25) is 0 Å². The number of carbonyl (C=O) groups excluding carboxylic acids is 1. The fourth-order valence-electron chi connectivity index (χ4n) is 1.39. The third-order valence-electron chi connectivity index (χ3n) is 2.22. The zero-order valence-electron chi connectivity index (χ0n) is 10.00. The van der Waals surface area contributed by atoms with Crippen molar-refractivity contribution in [3.05, 3.63) is 53.7 Å². The second-order valence-corrected chi connectivity index (χ2v) is 3.53. The van der Waals surface area contributed by atoms with Crippen LogP contribution in [0, 0.1) is 0 Å². The van der Waals surface area contributed by atoms with Crippen LogP contribution in [-0.4, -0.2) is 17.6 Å². The Morgan fingerprint density at radius 2 is 2.11 bits per heavy atom. The van der Waals surface area contributed by atoms with Gasteiger partial charge in [0.1, 0.15) is 0 Å². The van der Waals surface area contributed by atoms with E-state index in [2.05, 4.69) is 4.98 Å². The van der Waals surface area contributed by atoms with Gasteiger partial charge in [0.2, 0.25) is 11.7 Å². The van der Waals surface area contributed by atoms with Gasteiger partial charge < -0.3 is 9.15 Å². The largest absolute Gasteiger partial charge is 0.460 e. The van der Waals surface area contributed by atoms with Crippen molar-refractivity contribution in [3.63, 3.8) is 0 Å². The smallest absolute Gasteiger partial charge is 0.375 e. The number of nitrogens with zero attached hydrogens (tertiary/aromatic N) is 1. The summed E-state index contributed by atoms with van der Waals surface area (Å²) in [6, 6.07) is 9.76. The fourth-order valence-corrected chi connectivity index (χ4v) is 1.39. The van der Waals surface area contributed by atoms with Crippen molar-refractivity contribution in [3.8, 4) is 0 Å². The van der Waals surface area contributed by atoms with Gasteiger partial charge in [-0.1, -0.05) is 30.3 Å². The number of hydrogen-bond donors (Lipinski definition) is 0. The molecule has 0 saturated heterocycles. The predicted octanol–water partition coefficient (Wildman–Crippen LogP) is 3.02. The van der Waals surface area contributed by atoms with Gasteiger partial charge in [0, 0.05) is 6.08 Å². The van der Waals surface area contributed by atoms with E-state index in [1.165, 1.54) is 6.20 Å². The van der Waals surface area contributed by atoms with Crippen LogP contribution in [0.4, 0.5) is 0 Å². The number of carbonyl (C=O) groups is 1. The van der Waals surface area contributed by atoms with Gasteiger partial charge in [0.15, 0.2) is 0 Å². The highest BCUT2D eigenvalue weighted by atomic mass is 16.5.